The lowest BCUT2D eigenvalue weighted by molar-refractivity contribution is -0.117. The van der Waals surface area contributed by atoms with Gasteiger partial charge in [-0.15, -0.1) is 0 Å². The minimum atomic E-state index is -0.0148. The molecule has 0 radical (unpaired) electrons. The summed E-state index contributed by atoms with van der Waals surface area (Å²) in [5, 5.41) is 2.96. The van der Waals surface area contributed by atoms with E-state index in [0.29, 0.717) is 19.6 Å². The predicted molar refractivity (Wildman–Crippen MR) is 108 cm³/mol. The van der Waals surface area contributed by atoms with Crippen LogP contribution in [0.4, 0.5) is 5.69 Å². The van der Waals surface area contributed by atoms with Crippen LogP contribution in [0.1, 0.15) is 27.9 Å². The van der Waals surface area contributed by atoms with Crippen LogP contribution >= 0.6 is 0 Å². The quantitative estimate of drug-likeness (QED) is 0.906. The Labute approximate surface area is 161 Å². The Kier molecular flexibility index (Phi) is 6.24. The summed E-state index contributed by atoms with van der Waals surface area (Å²) in [4.78, 5) is 29.1. The second-order valence-electron chi connectivity index (χ2n) is 7.21. The van der Waals surface area contributed by atoms with Gasteiger partial charge in [0.15, 0.2) is 0 Å². The van der Waals surface area contributed by atoms with Crippen molar-refractivity contribution in [3.05, 3.63) is 65.2 Å². The highest BCUT2D eigenvalue weighted by molar-refractivity contribution is 5.94. The van der Waals surface area contributed by atoms with E-state index in [4.69, 9.17) is 0 Å². The van der Waals surface area contributed by atoms with Gasteiger partial charge in [0, 0.05) is 37.4 Å². The fourth-order valence-corrected chi connectivity index (χ4v) is 3.42. The Morgan fingerprint density at radius 1 is 0.926 bits per heavy atom. The van der Waals surface area contributed by atoms with E-state index in [-0.39, 0.29) is 11.8 Å². The SMILES string of the molecule is Cc1cccc(NC(=O)CN2CCCN(C(=O)c3cccc(C)c3)CC2)c1. The van der Waals surface area contributed by atoms with Crippen LogP contribution in [0.2, 0.25) is 0 Å². The van der Waals surface area contributed by atoms with Gasteiger partial charge in [0.2, 0.25) is 5.91 Å². The van der Waals surface area contributed by atoms with E-state index < -0.39 is 0 Å². The normalized spacial score (nSPS) is 15.3. The number of nitrogens with zero attached hydrogens (tertiary/aromatic N) is 2. The second-order valence-corrected chi connectivity index (χ2v) is 7.21. The molecule has 2 aromatic rings. The molecule has 0 unspecified atom stereocenters. The van der Waals surface area contributed by atoms with Crippen LogP contribution in [0, 0.1) is 13.8 Å². The second kappa shape index (κ2) is 8.82. The molecule has 1 aliphatic rings. The van der Waals surface area contributed by atoms with Crippen LogP contribution in [0.25, 0.3) is 0 Å². The zero-order valence-electron chi connectivity index (χ0n) is 16.1. The molecule has 142 valence electrons. The first-order valence-corrected chi connectivity index (χ1v) is 9.46. The van der Waals surface area contributed by atoms with Crippen molar-refractivity contribution in [3.63, 3.8) is 0 Å². The van der Waals surface area contributed by atoms with Gasteiger partial charge in [0.25, 0.3) is 5.91 Å². The molecular formula is C22H27N3O2. The Morgan fingerprint density at radius 2 is 1.67 bits per heavy atom. The van der Waals surface area contributed by atoms with E-state index in [1.165, 1.54) is 0 Å². The molecule has 0 bridgehead atoms. The van der Waals surface area contributed by atoms with Crippen molar-refractivity contribution in [1.29, 1.82) is 0 Å². The number of carbonyl (C=O) groups excluding carboxylic acids is 2. The van der Waals surface area contributed by atoms with E-state index in [2.05, 4.69) is 10.2 Å². The first-order valence-electron chi connectivity index (χ1n) is 9.46. The number of rotatable bonds is 4. The lowest BCUT2D eigenvalue weighted by Crippen LogP contribution is -2.38. The molecule has 0 saturated carbocycles. The highest BCUT2D eigenvalue weighted by Crippen LogP contribution is 2.12. The molecule has 2 amide bonds. The van der Waals surface area contributed by atoms with Gasteiger partial charge in [-0.25, -0.2) is 0 Å². The Hall–Kier alpha value is -2.66. The summed E-state index contributed by atoms with van der Waals surface area (Å²) in [6.45, 7) is 7.24. The Balaban J connectivity index is 1.53. The number of benzene rings is 2. The maximum atomic E-state index is 12.7. The van der Waals surface area contributed by atoms with E-state index >= 15 is 0 Å². The predicted octanol–water partition coefficient (Wildman–Crippen LogP) is 3.09. The molecule has 0 atom stereocenters. The number of nitrogens with one attached hydrogen (secondary N) is 1. The third kappa shape index (κ3) is 5.41. The molecule has 1 fully saturated rings. The van der Waals surface area contributed by atoms with Crippen molar-refractivity contribution in [2.24, 2.45) is 0 Å². The van der Waals surface area contributed by atoms with Gasteiger partial charge in [-0.2, -0.15) is 0 Å². The average molecular weight is 365 g/mol. The van der Waals surface area contributed by atoms with Crippen LogP contribution in [-0.4, -0.2) is 54.3 Å². The zero-order valence-corrected chi connectivity index (χ0v) is 16.1. The third-order valence-corrected chi connectivity index (χ3v) is 4.81. The number of anilines is 1. The molecular weight excluding hydrogens is 338 g/mol. The van der Waals surface area contributed by atoms with Crippen molar-refractivity contribution in [3.8, 4) is 0 Å². The van der Waals surface area contributed by atoms with Crippen LogP contribution in [0.3, 0.4) is 0 Å². The molecule has 1 N–H and O–H groups in total. The summed E-state index contributed by atoms with van der Waals surface area (Å²) in [6, 6.07) is 15.5. The van der Waals surface area contributed by atoms with Gasteiger partial charge in [0.05, 0.1) is 6.54 Å². The monoisotopic (exact) mass is 365 g/mol. The van der Waals surface area contributed by atoms with Crippen LogP contribution in [-0.2, 0) is 4.79 Å². The van der Waals surface area contributed by atoms with Crippen LogP contribution in [0.15, 0.2) is 48.5 Å². The van der Waals surface area contributed by atoms with Gasteiger partial charge in [-0.3, -0.25) is 14.5 Å². The molecule has 0 spiro atoms. The van der Waals surface area contributed by atoms with Crippen molar-refractivity contribution in [2.75, 3.05) is 38.0 Å². The molecule has 0 aliphatic carbocycles. The van der Waals surface area contributed by atoms with Gasteiger partial charge in [-0.1, -0.05) is 29.8 Å². The topological polar surface area (TPSA) is 52.7 Å². The molecule has 27 heavy (non-hydrogen) atoms. The van der Waals surface area contributed by atoms with Crippen molar-refractivity contribution in [1.82, 2.24) is 9.80 Å². The van der Waals surface area contributed by atoms with Crippen molar-refractivity contribution < 1.29 is 9.59 Å². The molecule has 0 aromatic heterocycles. The highest BCUT2D eigenvalue weighted by Gasteiger charge is 2.21. The molecule has 1 aliphatic heterocycles. The molecule has 1 saturated heterocycles. The van der Waals surface area contributed by atoms with E-state index in [0.717, 1.165) is 41.9 Å². The molecule has 2 aromatic carbocycles. The van der Waals surface area contributed by atoms with Crippen molar-refractivity contribution >= 4 is 17.5 Å². The number of amides is 2. The number of hydrogen-bond acceptors (Lipinski definition) is 3. The highest BCUT2D eigenvalue weighted by atomic mass is 16.2. The number of aryl methyl sites for hydroxylation is 2. The van der Waals surface area contributed by atoms with Gasteiger partial charge >= 0.3 is 0 Å². The van der Waals surface area contributed by atoms with Gasteiger partial charge in [0.1, 0.15) is 0 Å². The fourth-order valence-electron chi connectivity index (χ4n) is 3.42. The van der Waals surface area contributed by atoms with Gasteiger partial charge < -0.3 is 10.2 Å². The lowest BCUT2D eigenvalue weighted by Gasteiger charge is -2.22. The smallest absolute Gasteiger partial charge is 0.253 e. The fraction of sp³-hybridized carbons (Fsp3) is 0.364. The maximum Gasteiger partial charge on any atom is 0.253 e. The van der Waals surface area contributed by atoms with Crippen LogP contribution in [0.5, 0.6) is 0 Å². The zero-order chi connectivity index (χ0) is 19.2. The molecule has 5 heteroatoms. The summed E-state index contributed by atoms with van der Waals surface area (Å²) in [7, 11) is 0. The minimum absolute atomic E-state index is 0.0148. The molecule has 5 nitrogen and oxygen atoms in total. The third-order valence-electron chi connectivity index (χ3n) is 4.81. The summed E-state index contributed by atoms with van der Waals surface area (Å²) < 4.78 is 0. The molecule has 3 rings (SSSR count). The Bertz CT molecular complexity index is 819. The van der Waals surface area contributed by atoms with Gasteiger partial charge in [-0.05, 0) is 50.1 Å². The van der Waals surface area contributed by atoms with E-state index in [1.54, 1.807) is 0 Å². The average Bonchev–Trinajstić information content (AvgIpc) is 2.86. The standard InChI is InChI=1S/C22H27N3O2/c1-17-6-3-8-19(14-17)22(27)25-11-5-10-24(12-13-25)16-21(26)23-20-9-4-7-18(2)15-20/h3-4,6-9,14-15H,5,10-13,16H2,1-2H3,(H,23,26). The summed E-state index contributed by atoms with van der Waals surface area (Å²) >= 11 is 0. The number of carbonyl (C=O) groups is 2. The number of hydrogen-bond donors (Lipinski definition) is 1. The summed E-state index contributed by atoms with van der Waals surface area (Å²) in [5.41, 5.74) is 3.77. The first kappa shape index (κ1) is 19.1. The van der Waals surface area contributed by atoms with Crippen LogP contribution < -0.4 is 5.32 Å². The van der Waals surface area contributed by atoms with E-state index in [1.807, 2.05) is 67.3 Å². The maximum absolute atomic E-state index is 12.7. The largest absolute Gasteiger partial charge is 0.337 e. The lowest BCUT2D eigenvalue weighted by atomic mass is 10.1. The van der Waals surface area contributed by atoms with Crippen molar-refractivity contribution in [2.45, 2.75) is 20.3 Å². The summed E-state index contributed by atoms with van der Waals surface area (Å²) in [5.74, 6) is 0.0591. The minimum Gasteiger partial charge on any atom is -0.337 e. The van der Waals surface area contributed by atoms with E-state index in [9.17, 15) is 9.59 Å². The molecule has 1 heterocycles. The first-order chi connectivity index (χ1) is 13.0. The Morgan fingerprint density at radius 3 is 2.41 bits per heavy atom. The summed E-state index contributed by atoms with van der Waals surface area (Å²) in [6.07, 6.45) is 0.870.